The van der Waals surface area contributed by atoms with Crippen molar-refractivity contribution in [1.82, 2.24) is 10.2 Å². The van der Waals surface area contributed by atoms with E-state index in [0.717, 1.165) is 18.4 Å². The van der Waals surface area contributed by atoms with Gasteiger partial charge in [-0.1, -0.05) is 82.7 Å². The highest BCUT2D eigenvalue weighted by Crippen LogP contribution is 2.24. The van der Waals surface area contributed by atoms with Crippen molar-refractivity contribution in [3.63, 3.8) is 0 Å². The van der Waals surface area contributed by atoms with Crippen molar-refractivity contribution in [2.45, 2.75) is 83.6 Å². The first-order valence-corrected chi connectivity index (χ1v) is 11.0. The second-order valence-corrected chi connectivity index (χ2v) is 7.77. The number of unbranched alkanes of at least 4 members (excludes halogenated alkanes) is 5. The minimum Gasteiger partial charge on any atom is -0.378 e. The van der Waals surface area contributed by atoms with Gasteiger partial charge in [-0.15, -0.1) is 0 Å². The summed E-state index contributed by atoms with van der Waals surface area (Å²) in [6.07, 6.45) is 7.99. The van der Waals surface area contributed by atoms with Crippen molar-refractivity contribution >= 4 is 5.91 Å². The Labute approximate surface area is 170 Å². The molecule has 1 saturated heterocycles. The first kappa shape index (κ1) is 22.9. The normalized spacial score (nSPS) is 19.9. The molecule has 3 atom stereocenters. The Morgan fingerprint density at radius 2 is 1.89 bits per heavy atom. The topological polar surface area (TPSA) is 61.8 Å². The summed E-state index contributed by atoms with van der Waals surface area (Å²) in [7, 11) is 0. The number of rotatable bonds is 12. The Balaban J connectivity index is 1.91. The van der Waals surface area contributed by atoms with Gasteiger partial charge in [-0.2, -0.15) is 0 Å². The largest absolute Gasteiger partial charge is 0.378 e. The first-order valence-electron chi connectivity index (χ1n) is 11.0. The van der Waals surface area contributed by atoms with Crippen LogP contribution in [0.2, 0.25) is 0 Å². The van der Waals surface area contributed by atoms with Crippen molar-refractivity contribution in [3.05, 3.63) is 35.9 Å². The lowest BCUT2D eigenvalue weighted by Crippen LogP contribution is -2.54. The number of morpholine rings is 1. The van der Waals surface area contributed by atoms with Crippen LogP contribution in [0.4, 0.5) is 0 Å². The molecule has 0 saturated carbocycles. The van der Waals surface area contributed by atoms with E-state index in [9.17, 15) is 9.90 Å². The van der Waals surface area contributed by atoms with E-state index < -0.39 is 6.23 Å². The quantitative estimate of drug-likeness (QED) is 0.529. The van der Waals surface area contributed by atoms with Crippen LogP contribution in [0.3, 0.4) is 0 Å². The molecule has 0 aromatic heterocycles. The van der Waals surface area contributed by atoms with Crippen LogP contribution in [0.1, 0.15) is 76.7 Å². The Morgan fingerprint density at radius 3 is 2.61 bits per heavy atom. The number of aliphatic hydroxyl groups excluding tert-OH is 1. The van der Waals surface area contributed by atoms with Crippen LogP contribution in [0.25, 0.3) is 0 Å². The highest BCUT2D eigenvalue weighted by molar-refractivity contribution is 5.83. The zero-order chi connectivity index (χ0) is 20.2. The Bertz CT molecular complexity index is 552. The number of hydrogen-bond donors (Lipinski definition) is 2. The third-order valence-corrected chi connectivity index (χ3v) is 5.55. The summed E-state index contributed by atoms with van der Waals surface area (Å²) in [5, 5.41) is 13.2. The van der Waals surface area contributed by atoms with Crippen LogP contribution in [-0.2, 0) is 9.53 Å². The van der Waals surface area contributed by atoms with Crippen LogP contribution >= 0.6 is 0 Å². The highest BCUT2D eigenvalue weighted by atomic mass is 16.5. The van der Waals surface area contributed by atoms with Gasteiger partial charge in [0.05, 0.1) is 12.5 Å². The minimum atomic E-state index is -0.476. The molecule has 158 valence electrons. The van der Waals surface area contributed by atoms with Crippen LogP contribution < -0.4 is 5.32 Å². The van der Waals surface area contributed by atoms with Gasteiger partial charge in [-0.3, -0.25) is 9.69 Å². The molecule has 1 fully saturated rings. The maximum atomic E-state index is 13.1. The van der Waals surface area contributed by atoms with E-state index in [2.05, 4.69) is 12.2 Å². The van der Waals surface area contributed by atoms with E-state index in [-0.39, 0.29) is 18.1 Å². The second-order valence-electron chi connectivity index (χ2n) is 7.77. The lowest BCUT2D eigenvalue weighted by Gasteiger charge is -2.36. The lowest BCUT2D eigenvalue weighted by atomic mass is 9.92. The lowest BCUT2D eigenvalue weighted by molar-refractivity contribution is -0.136. The zero-order valence-electron chi connectivity index (χ0n) is 17.6. The van der Waals surface area contributed by atoms with E-state index in [1.54, 1.807) is 0 Å². The number of amides is 1. The molecule has 5 nitrogen and oxygen atoms in total. The molecule has 2 unspecified atom stereocenters. The Kier molecular flexibility index (Phi) is 10.5. The first-order chi connectivity index (χ1) is 13.7. The second kappa shape index (κ2) is 12.9. The van der Waals surface area contributed by atoms with Crippen LogP contribution in [-0.4, -0.2) is 48.1 Å². The van der Waals surface area contributed by atoms with Crippen molar-refractivity contribution in [2.24, 2.45) is 0 Å². The van der Waals surface area contributed by atoms with Crippen molar-refractivity contribution in [3.8, 4) is 0 Å². The maximum absolute atomic E-state index is 13.1. The molecule has 0 radical (unpaired) electrons. The predicted molar refractivity (Wildman–Crippen MR) is 113 cm³/mol. The zero-order valence-corrected chi connectivity index (χ0v) is 17.6. The van der Waals surface area contributed by atoms with E-state index in [4.69, 9.17) is 4.74 Å². The maximum Gasteiger partial charge on any atom is 0.229 e. The number of carbonyl (C=O) groups excluding carboxylic acids is 1. The van der Waals surface area contributed by atoms with Gasteiger partial charge in [0, 0.05) is 13.1 Å². The molecule has 0 bridgehead atoms. The van der Waals surface area contributed by atoms with Gasteiger partial charge >= 0.3 is 0 Å². The molecular formula is C23H38N2O3. The highest BCUT2D eigenvalue weighted by Gasteiger charge is 2.28. The van der Waals surface area contributed by atoms with Gasteiger partial charge in [-0.25, -0.2) is 0 Å². The molecule has 1 aromatic rings. The van der Waals surface area contributed by atoms with Crippen molar-refractivity contribution in [2.75, 3.05) is 19.7 Å². The fourth-order valence-corrected chi connectivity index (χ4v) is 3.81. The van der Waals surface area contributed by atoms with Gasteiger partial charge in [0.1, 0.15) is 12.5 Å². The van der Waals surface area contributed by atoms with Crippen LogP contribution in [0.15, 0.2) is 30.3 Å². The molecule has 0 aliphatic carbocycles. The molecule has 2 rings (SSSR count). The number of nitrogens with one attached hydrogen (secondary N) is 1. The SMILES string of the molecule is CCCCCCCCC(C(=O)N[C@@H]1CN(C(O)CC)CCO1)c1ccccc1. The molecule has 1 aromatic carbocycles. The van der Waals surface area contributed by atoms with Gasteiger partial charge in [-0.05, 0) is 18.4 Å². The molecule has 1 amide bonds. The molecule has 1 aliphatic rings. The third-order valence-electron chi connectivity index (χ3n) is 5.55. The molecule has 0 spiro atoms. The fraction of sp³-hybridized carbons (Fsp3) is 0.696. The summed E-state index contributed by atoms with van der Waals surface area (Å²) in [6.45, 7) is 5.93. The monoisotopic (exact) mass is 390 g/mol. The van der Waals surface area contributed by atoms with E-state index in [1.165, 1.54) is 32.1 Å². The molecule has 2 N–H and O–H groups in total. The molecule has 1 heterocycles. The molecule has 1 aliphatic heterocycles. The average Bonchev–Trinajstić information content (AvgIpc) is 2.73. The van der Waals surface area contributed by atoms with E-state index >= 15 is 0 Å². The molecule has 5 heteroatoms. The summed E-state index contributed by atoms with van der Waals surface area (Å²) < 4.78 is 5.74. The number of benzene rings is 1. The fourth-order valence-electron chi connectivity index (χ4n) is 3.81. The number of ether oxygens (including phenoxy) is 1. The standard InChI is InChI=1S/C23H38N2O3/c1-3-5-6-7-8-12-15-20(19-13-10-9-11-14-19)23(27)24-21-18-25(16-17-28-21)22(26)4-2/h9-11,13-14,20-22,26H,3-8,12,15-18H2,1-2H3,(H,24,27)/t20?,21-,22?/m0/s1. The van der Waals surface area contributed by atoms with E-state index in [0.29, 0.717) is 26.1 Å². The average molecular weight is 391 g/mol. The molecule has 28 heavy (non-hydrogen) atoms. The van der Waals surface area contributed by atoms with Crippen LogP contribution in [0, 0.1) is 0 Å². The summed E-state index contributed by atoms with van der Waals surface area (Å²) in [6, 6.07) is 10.0. The number of aliphatic hydroxyl groups is 1. The summed E-state index contributed by atoms with van der Waals surface area (Å²) in [5.41, 5.74) is 1.06. The van der Waals surface area contributed by atoms with Gasteiger partial charge < -0.3 is 15.2 Å². The van der Waals surface area contributed by atoms with Crippen molar-refractivity contribution in [1.29, 1.82) is 0 Å². The third kappa shape index (κ3) is 7.53. The van der Waals surface area contributed by atoms with Gasteiger partial charge in [0.15, 0.2) is 0 Å². The number of carbonyl (C=O) groups is 1. The van der Waals surface area contributed by atoms with Gasteiger partial charge in [0.25, 0.3) is 0 Å². The summed E-state index contributed by atoms with van der Waals surface area (Å²) >= 11 is 0. The van der Waals surface area contributed by atoms with Crippen molar-refractivity contribution < 1.29 is 14.6 Å². The smallest absolute Gasteiger partial charge is 0.229 e. The number of nitrogens with zero attached hydrogens (tertiary/aromatic N) is 1. The summed E-state index contributed by atoms with van der Waals surface area (Å²) in [4.78, 5) is 15.0. The summed E-state index contributed by atoms with van der Waals surface area (Å²) in [5.74, 6) is -0.125. The Morgan fingerprint density at radius 1 is 1.18 bits per heavy atom. The Hall–Kier alpha value is -1.43. The minimum absolute atomic E-state index is 0.0256. The van der Waals surface area contributed by atoms with Crippen LogP contribution in [0.5, 0.6) is 0 Å². The molecular weight excluding hydrogens is 352 g/mol. The number of hydrogen-bond acceptors (Lipinski definition) is 4. The predicted octanol–water partition coefficient (Wildman–Crippen LogP) is 4.02. The van der Waals surface area contributed by atoms with Gasteiger partial charge in [0.2, 0.25) is 5.91 Å². The van der Waals surface area contributed by atoms with E-state index in [1.807, 2.05) is 42.2 Å².